The third-order valence-electron chi connectivity index (χ3n) is 11.7. The average Bonchev–Trinajstić information content (AvgIpc) is 4.12. The van der Waals surface area contributed by atoms with Crippen molar-refractivity contribution in [3.05, 3.63) is 102 Å². The van der Waals surface area contributed by atoms with Crippen LogP contribution in [0.3, 0.4) is 0 Å². The van der Waals surface area contributed by atoms with Gasteiger partial charge in [-0.05, 0) is 83.0 Å². The highest BCUT2D eigenvalue weighted by molar-refractivity contribution is 6.07. The van der Waals surface area contributed by atoms with Gasteiger partial charge in [0.15, 0.2) is 0 Å². The van der Waals surface area contributed by atoms with Gasteiger partial charge in [0.25, 0.3) is 0 Å². The monoisotopic (exact) mass is 889 g/mol. The van der Waals surface area contributed by atoms with E-state index in [-0.39, 0.29) is 41.0 Å². The second kappa shape index (κ2) is 22.3. The lowest BCUT2D eigenvalue weighted by molar-refractivity contribution is -0.214. The number of hydrogen-bond donors (Lipinski definition) is 5. The highest BCUT2D eigenvalue weighted by Gasteiger charge is 2.39. The van der Waals surface area contributed by atoms with E-state index in [1.807, 2.05) is 60.2 Å². The summed E-state index contributed by atoms with van der Waals surface area (Å²) in [5, 5.41) is 9.13. The Hall–Kier alpha value is -5.72. The van der Waals surface area contributed by atoms with Crippen molar-refractivity contribution >= 4 is 33.6 Å². The van der Waals surface area contributed by atoms with Gasteiger partial charge < -0.3 is 50.9 Å². The van der Waals surface area contributed by atoms with Crippen LogP contribution in [0.5, 0.6) is 5.75 Å². The molecule has 16 heteroatoms. The van der Waals surface area contributed by atoms with Crippen LogP contribution in [0.4, 0.5) is 0 Å². The van der Waals surface area contributed by atoms with E-state index in [4.69, 9.17) is 31.4 Å². The number of nitrogens with one attached hydrogen (secondary N) is 2. The lowest BCUT2D eigenvalue weighted by atomic mass is 9.92. The Balaban J connectivity index is 0.00000154. The van der Waals surface area contributed by atoms with Crippen LogP contribution in [0.1, 0.15) is 86.6 Å². The number of H-pyrrole nitrogens is 2. The largest absolute Gasteiger partial charge is 0.488 e. The van der Waals surface area contributed by atoms with Crippen molar-refractivity contribution in [3.63, 3.8) is 0 Å². The minimum Gasteiger partial charge on any atom is -0.488 e. The molecule has 0 bridgehead atoms. The third kappa shape index (κ3) is 10.5. The van der Waals surface area contributed by atoms with Gasteiger partial charge in [-0.25, -0.2) is 14.9 Å². The maximum Gasteiger partial charge on any atom is 0.244 e. The normalized spacial score (nSPS) is 18.3. The van der Waals surface area contributed by atoms with E-state index in [9.17, 15) is 9.59 Å². The molecule has 2 fully saturated rings. The molecule has 9 N–H and O–H groups in total. The number of aromatic amines is 2. The smallest absolute Gasteiger partial charge is 0.244 e. The van der Waals surface area contributed by atoms with Crippen LogP contribution in [0.15, 0.2) is 79.0 Å². The van der Waals surface area contributed by atoms with Gasteiger partial charge in [0.1, 0.15) is 30.0 Å². The van der Waals surface area contributed by atoms with Crippen LogP contribution >= 0.6 is 0 Å². The molecule has 5 heterocycles. The molecule has 2 aromatic heterocycles. The fourth-order valence-corrected chi connectivity index (χ4v) is 8.61. The number of nitrogens with two attached hydrogens (primary N) is 2. The summed E-state index contributed by atoms with van der Waals surface area (Å²) in [6.45, 7) is 7.90. The van der Waals surface area contributed by atoms with Crippen LogP contribution in [-0.2, 0) is 30.6 Å². The molecule has 4 aromatic carbocycles. The molecule has 352 valence electrons. The number of fused-ring (bicyclic) bond motifs is 6. The van der Waals surface area contributed by atoms with Gasteiger partial charge in [-0.15, -0.1) is 0 Å². The molecule has 3 aliphatic heterocycles. The summed E-state index contributed by atoms with van der Waals surface area (Å²) in [5.41, 5.74) is 20.5. The standard InChI is InChI=1S/C43H46N8O3.2C2H6O.CH4O2.H2O.4H2/c1-23(2)37(44)42(52)51-21-24(3)16-35(51)40-46-20-33(48-40)27-11-13-29-28(17-27)22-54-36-19-30-26(18-31(29)36)12-14-32-39(30)49-41(47-32)34-10-7-15-50(34)43(53)38(45)25-8-5-4-6-9-25;3*1-3-2;;;;;/h4-6,8-9,11-14,17-20,23-24,34-35,37-38H,7,10,15-16,21-22,44-45H2,1-3H3,(H,46,48)(H,47,49);2*1-2H3;2H,1H3;1H2;4*1H/t24-,34-,35-,37-,38+;;;;;;;;/m0......../s1. The van der Waals surface area contributed by atoms with Crippen molar-refractivity contribution in [3.8, 4) is 28.1 Å². The highest BCUT2D eigenvalue weighted by atomic mass is 17.1. The molecule has 64 heavy (non-hydrogen) atoms. The maximum atomic E-state index is 13.6. The zero-order valence-corrected chi connectivity index (χ0v) is 38.1. The Morgan fingerprint density at radius 2 is 1.59 bits per heavy atom. The molecular formula is C48H72N8O8. The first-order chi connectivity index (χ1) is 30.4. The summed E-state index contributed by atoms with van der Waals surface area (Å²) in [6.07, 6.45) is 4.43. The number of nitrogens with zero attached hydrogens (tertiary/aromatic N) is 4. The summed E-state index contributed by atoms with van der Waals surface area (Å²) in [4.78, 5) is 50.8. The summed E-state index contributed by atoms with van der Waals surface area (Å²) in [7, 11) is 7.68. The number of likely N-dealkylation sites (tertiary alicyclic amines) is 2. The second-order valence-corrected chi connectivity index (χ2v) is 16.7. The number of amides is 2. The molecule has 0 unspecified atom stereocenters. The van der Waals surface area contributed by atoms with E-state index in [0.717, 1.165) is 92.0 Å². The number of benzene rings is 4. The quantitative estimate of drug-likeness (QED) is 0.0768. The van der Waals surface area contributed by atoms with E-state index >= 15 is 0 Å². The molecule has 0 radical (unpaired) electrons. The summed E-state index contributed by atoms with van der Waals surface area (Å²) >= 11 is 0. The number of ether oxygens (including phenoxy) is 3. The summed E-state index contributed by atoms with van der Waals surface area (Å²) in [6, 6.07) is 22.9. The second-order valence-electron chi connectivity index (χ2n) is 16.7. The van der Waals surface area contributed by atoms with Crippen LogP contribution < -0.4 is 16.2 Å². The van der Waals surface area contributed by atoms with Crippen molar-refractivity contribution in [2.24, 2.45) is 23.3 Å². The van der Waals surface area contributed by atoms with Crippen LogP contribution in [0.2, 0.25) is 0 Å². The zero-order valence-electron chi connectivity index (χ0n) is 38.1. The van der Waals surface area contributed by atoms with E-state index in [1.165, 1.54) is 7.11 Å². The van der Waals surface area contributed by atoms with Gasteiger partial charge in [0, 0.05) is 58.2 Å². The lowest BCUT2D eigenvalue weighted by Gasteiger charge is -2.27. The number of rotatable bonds is 7. The van der Waals surface area contributed by atoms with Gasteiger partial charge in [-0.2, -0.15) is 0 Å². The Bertz CT molecular complexity index is 2490. The average molecular weight is 889 g/mol. The molecular weight excluding hydrogens is 817 g/mol. The first-order valence-corrected chi connectivity index (χ1v) is 21.3. The summed E-state index contributed by atoms with van der Waals surface area (Å²) in [5.74, 6) is 2.73. The number of methoxy groups -OCH3 is 2. The predicted molar refractivity (Wildman–Crippen MR) is 257 cm³/mol. The number of carbonyl (C=O) groups excluding carboxylic acids is 2. The first-order valence-electron chi connectivity index (χ1n) is 21.3. The number of imidazole rings is 2. The summed E-state index contributed by atoms with van der Waals surface area (Å²) < 4.78 is 14.9. The molecule has 0 spiro atoms. The molecule has 0 saturated carbocycles. The molecule has 0 aliphatic carbocycles. The Morgan fingerprint density at radius 3 is 2.28 bits per heavy atom. The Labute approximate surface area is 380 Å². The van der Waals surface area contributed by atoms with Gasteiger partial charge in [0.05, 0.1) is 48.2 Å². The minimum absolute atomic E-state index is 0. The third-order valence-corrected chi connectivity index (χ3v) is 11.7. The molecule has 2 amide bonds. The van der Waals surface area contributed by atoms with Crippen molar-refractivity contribution in [2.75, 3.05) is 48.6 Å². The first kappa shape index (κ1) is 49.3. The van der Waals surface area contributed by atoms with Gasteiger partial charge in [0.2, 0.25) is 11.8 Å². The Morgan fingerprint density at radius 1 is 0.891 bits per heavy atom. The molecule has 16 nitrogen and oxygen atoms in total. The number of hydrogen-bond acceptors (Lipinski definition) is 11. The molecule has 9 rings (SSSR count). The van der Waals surface area contributed by atoms with Crippen LogP contribution in [-0.4, -0.2) is 107 Å². The van der Waals surface area contributed by atoms with Gasteiger partial charge in [-0.3, -0.25) is 14.8 Å². The minimum atomic E-state index is -0.713. The van der Waals surface area contributed by atoms with Gasteiger partial charge in [-0.1, -0.05) is 69.3 Å². The van der Waals surface area contributed by atoms with Crippen LogP contribution in [0, 0.1) is 11.8 Å². The van der Waals surface area contributed by atoms with Gasteiger partial charge >= 0.3 is 0 Å². The van der Waals surface area contributed by atoms with E-state index in [2.05, 4.69) is 73.7 Å². The number of carbonyl (C=O) groups is 2. The van der Waals surface area contributed by atoms with E-state index in [1.54, 1.807) is 28.4 Å². The molecule has 3 aliphatic rings. The van der Waals surface area contributed by atoms with E-state index in [0.29, 0.717) is 25.6 Å². The SMILES string of the molecule is CC(C)[C@H](N)C(=O)N1C[C@@H](C)C[C@H]1c1ncc(-c2ccc3c(c2)COc2cc4c(ccc5[nH]c([C@@H]6CCCN6C(=O)[C@H](N)c6ccccc6)nc54)cc2-3)[nH]1.COC.COC.COO.O.[HH].[HH].[HH].[HH]. The fraction of sp³-hybridized carbons (Fsp3) is 0.417. The molecule has 5 atom stereocenters. The van der Waals surface area contributed by atoms with Crippen molar-refractivity contribution in [2.45, 2.75) is 70.8 Å². The van der Waals surface area contributed by atoms with Crippen molar-refractivity contribution in [1.82, 2.24) is 29.7 Å². The van der Waals surface area contributed by atoms with Crippen molar-refractivity contribution < 1.29 is 45.1 Å². The topological polar surface area (TPSA) is 239 Å². The molecule has 6 aromatic rings. The number of aromatic nitrogens is 4. The highest BCUT2D eigenvalue weighted by Crippen LogP contribution is 2.44. The van der Waals surface area contributed by atoms with Crippen LogP contribution in [0.25, 0.3) is 44.2 Å². The van der Waals surface area contributed by atoms with E-state index < -0.39 is 12.1 Å². The maximum absolute atomic E-state index is 13.6. The fourth-order valence-electron chi connectivity index (χ4n) is 8.61. The predicted octanol–water partition coefficient (Wildman–Crippen LogP) is 7.71. The van der Waals surface area contributed by atoms with Crippen molar-refractivity contribution in [1.29, 1.82) is 0 Å². The molecule has 2 saturated heterocycles. The zero-order chi connectivity index (χ0) is 45.4. The lowest BCUT2D eigenvalue weighted by Crippen LogP contribution is -2.46. The Kier molecular flexibility index (Phi) is 17.1.